The molecule has 1 aromatic heterocycles. The molecule has 6 heteroatoms. The van der Waals surface area contributed by atoms with Gasteiger partial charge in [0.15, 0.2) is 5.03 Å². The molecule has 0 aliphatic carbocycles. The Kier molecular flexibility index (Phi) is 4.61. The number of nitrogens with zero attached hydrogens (tertiary/aromatic N) is 2. The van der Waals surface area contributed by atoms with E-state index < -0.39 is 9.84 Å². The van der Waals surface area contributed by atoms with Crippen molar-refractivity contribution in [2.75, 3.05) is 0 Å². The molecule has 78 valence electrons. The average molecular weight is 244 g/mol. The average Bonchev–Trinajstić information content (AvgIpc) is 2.31. The molecule has 0 fully saturated rings. The zero-order chi connectivity index (χ0) is 10.7. The van der Waals surface area contributed by atoms with Gasteiger partial charge in [-0.15, -0.1) is 0 Å². The van der Waals surface area contributed by atoms with Crippen LogP contribution in [0.15, 0.2) is 58.8 Å². The molecule has 2 rings (SSSR count). The molecule has 0 radical (unpaired) electrons. The van der Waals surface area contributed by atoms with Crippen molar-refractivity contribution in [3.63, 3.8) is 0 Å². The summed E-state index contributed by atoms with van der Waals surface area (Å²) in [6.45, 7) is 0. The third kappa shape index (κ3) is 2.68. The van der Waals surface area contributed by atoms with E-state index in [2.05, 4.69) is 9.97 Å². The van der Waals surface area contributed by atoms with Gasteiger partial charge in [-0.2, -0.15) is 0 Å². The van der Waals surface area contributed by atoms with E-state index in [-0.39, 0.29) is 39.5 Å². The molecule has 0 saturated heterocycles. The van der Waals surface area contributed by atoms with Crippen molar-refractivity contribution < 1.29 is 8.42 Å². The normalized spacial score (nSPS) is 10.5. The first-order chi connectivity index (χ1) is 7.21. The van der Waals surface area contributed by atoms with E-state index in [0.717, 1.165) is 0 Å². The third-order valence-electron chi connectivity index (χ3n) is 1.87. The van der Waals surface area contributed by atoms with Gasteiger partial charge >= 0.3 is 29.6 Å². The van der Waals surface area contributed by atoms with Crippen LogP contribution < -0.4 is 0 Å². The van der Waals surface area contributed by atoms with Gasteiger partial charge in [-0.25, -0.2) is 13.4 Å². The molecule has 1 heterocycles. The van der Waals surface area contributed by atoms with E-state index in [9.17, 15) is 8.42 Å². The summed E-state index contributed by atoms with van der Waals surface area (Å²) in [4.78, 5) is 7.74. The van der Waals surface area contributed by atoms with Gasteiger partial charge in [0.25, 0.3) is 0 Å². The second-order valence-corrected chi connectivity index (χ2v) is 4.76. The van der Waals surface area contributed by atoms with Crippen LogP contribution in [0.2, 0.25) is 0 Å². The molecule has 0 spiro atoms. The van der Waals surface area contributed by atoms with Gasteiger partial charge < -0.3 is 0 Å². The topological polar surface area (TPSA) is 59.9 Å². The quantitative estimate of drug-likeness (QED) is 0.728. The van der Waals surface area contributed by atoms with E-state index in [1.165, 1.54) is 30.7 Å². The summed E-state index contributed by atoms with van der Waals surface area (Å²) >= 11 is 0. The SMILES string of the molecule is O=S(=O)(c1ccccc1)c1cnccn1.[NaH]. The molecule has 0 unspecified atom stereocenters. The summed E-state index contributed by atoms with van der Waals surface area (Å²) in [5.41, 5.74) is 0. The molecule has 4 nitrogen and oxygen atoms in total. The summed E-state index contributed by atoms with van der Waals surface area (Å²) < 4.78 is 23.9. The predicted octanol–water partition coefficient (Wildman–Crippen LogP) is 0.661. The van der Waals surface area contributed by atoms with Crippen LogP contribution in [0.3, 0.4) is 0 Å². The van der Waals surface area contributed by atoms with Crippen LogP contribution in [0.5, 0.6) is 0 Å². The van der Waals surface area contributed by atoms with Crippen LogP contribution in [-0.4, -0.2) is 47.9 Å². The Morgan fingerprint density at radius 2 is 1.69 bits per heavy atom. The number of hydrogen-bond donors (Lipinski definition) is 0. The molecule has 0 N–H and O–H groups in total. The van der Waals surface area contributed by atoms with Crippen molar-refractivity contribution in [2.45, 2.75) is 9.92 Å². The second kappa shape index (κ2) is 5.54. The predicted molar refractivity (Wildman–Crippen MR) is 61.1 cm³/mol. The fraction of sp³-hybridized carbons (Fsp3) is 0. The molecule has 0 aliphatic rings. The van der Waals surface area contributed by atoms with Gasteiger partial charge in [0.2, 0.25) is 9.84 Å². The summed E-state index contributed by atoms with van der Waals surface area (Å²) in [6, 6.07) is 8.16. The Balaban J connectivity index is 0.00000128. The first kappa shape index (κ1) is 13.3. The Bertz CT molecular complexity index is 498. The maximum absolute atomic E-state index is 11.9. The molecule has 0 amide bonds. The molecular weight excluding hydrogens is 235 g/mol. The van der Waals surface area contributed by atoms with Crippen LogP contribution in [0, 0.1) is 0 Å². The molecule has 0 aliphatic heterocycles. The van der Waals surface area contributed by atoms with Gasteiger partial charge in [0.05, 0.1) is 11.1 Å². The fourth-order valence-electron chi connectivity index (χ4n) is 1.14. The zero-order valence-corrected chi connectivity index (χ0v) is 8.55. The van der Waals surface area contributed by atoms with E-state index in [1.54, 1.807) is 18.2 Å². The van der Waals surface area contributed by atoms with Gasteiger partial charge in [-0.1, -0.05) is 18.2 Å². The number of hydrogen-bond acceptors (Lipinski definition) is 4. The van der Waals surface area contributed by atoms with E-state index in [1.807, 2.05) is 0 Å². The summed E-state index contributed by atoms with van der Waals surface area (Å²) in [5, 5.41) is -0.0313. The van der Waals surface area contributed by atoms with Gasteiger partial charge in [-0.05, 0) is 12.1 Å². The van der Waals surface area contributed by atoms with Gasteiger partial charge in [-0.3, -0.25) is 4.98 Å². The van der Waals surface area contributed by atoms with Crippen molar-refractivity contribution in [1.82, 2.24) is 9.97 Å². The van der Waals surface area contributed by atoms with E-state index >= 15 is 0 Å². The van der Waals surface area contributed by atoms with Crippen LogP contribution in [-0.2, 0) is 9.84 Å². The zero-order valence-electron chi connectivity index (χ0n) is 7.74. The molecule has 0 atom stereocenters. The molecule has 1 aromatic carbocycles. The minimum absolute atomic E-state index is 0. The molecule has 16 heavy (non-hydrogen) atoms. The van der Waals surface area contributed by atoms with Crippen molar-refractivity contribution >= 4 is 39.4 Å². The van der Waals surface area contributed by atoms with Crippen LogP contribution >= 0.6 is 0 Å². The molecule has 0 bridgehead atoms. The van der Waals surface area contributed by atoms with E-state index in [0.29, 0.717) is 0 Å². The molecular formula is C10H9N2NaO2S. The number of aromatic nitrogens is 2. The number of rotatable bonds is 2. The standard InChI is InChI=1S/C10H8N2O2S.Na.H/c13-15(14,9-4-2-1-3-5-9)10-8-11-6-7-12-10;;/h1-8H;;. The Hall–Kier alpha value is -0.750. The number of benzene rings is 1. The van der Waals surface area contributed by atoms with Gasteiger partial charge in [0, 0.05) is 12.4 Å². The first-order valence-corrected chi connectivity index (χ1v) is 5.76. The molecule has 0 saturated carbocycles. The second-order valence-electron chi connectivity index (χ2n) is 2.86. The molecule has 2 aromatic rings. The van der Waals surface area contributed by atoms with Crippen LogP contribution in [0.1, 0.15) is 0 Å². The fourth-order valence-corrected chi connectivity index (χ4v) is 2.30. The summed E-state index contributed by atoms with van der Waals surface area (Å²) in [5.74, 6) is 0. The van der Waals surface area contributed by atoms with Crippen molar-refractivity contribution in [1.29, 1.82) is 0 Å². The van der Waals surface area contributed by atoms with Crippen molar-refractivity contribution in [3.05, 3.63) is 48.9 Å². The Morgan fingerprint density at radius 1 is 1.00 bits per heavy atom. The monoisotopic (exact) mass is 244 g/mol. The van der Waals surface area contributed by atoms with Crippen molar-refractivity contribution in [3.8, 4) is 0 Å². The number of sulfone groups is 1. The van der Waals surface area contributed by atoms with E-state index in [4.69, 9.17) is 0 Å². The van der Waals surface area contributed by atoms with Gasteiger partial charge in [0.1, 0.15) is 0 Å². The Labute approximate surface area is 116 Å². The van der Waals surface area contributed by atoms with Crippen molar-refractivity contribution in [2.24, 2.45) is 0 Å². The summed E-state index contributed by atoms with van der Waals surface area (Å²) in [7, 11) is -3.51. The summed E-state index contributed by atoms with van der Waals surface area (Å²) in [6.07, 6.45) is 4.03. The van der Waals surface area contributed by atoms with Crippen LogP contribution in [0.4, 0.5) is 0 Å². The maximum atomic E-state index is 11.9. The third-order valence-corrected chi connectivity index (χ3v) is 3.52. The minimum atomic E-state index is -3.51. The first-order valence-electron chi connectivity index (χ1n) is 4.27. The Morgan fingerprint density at radius 3 is 2.25 bits per heavy atom. The van der Waals surface area contributed by atoms with Crippen LogP contribution in [0.25, 0.3) is 0 Å².